The van der Waals surface area contributed by atoms with Crippen molar-refractivity contribution in [3.63, 3.8) is 0 Å². The predicted molar refractivity (Wildman–Crippen MR) is 92.5 cm³/mol. The Kier molecular flexibility index (Phi) is 4.61. The lowest BCUT2D eigenvalue weighted by Crippen LogP contribution is -2.47. The minimum absolute atomic E-state index is 0.106. The molecule has 0 spiro atoms. The lowest BCUT2D eigenvalue weighted by Gasteiger charge is -2.28. The van der Waals surface area contributed by atoms with E-state index in [-0.39, 0.29) is 23.8 Å². The summed E-state index contributed by atoms with van der Waals surface area (Å²) in [4.78, 5) is 24.4. The van der Waals surface area contributed by atoms with Crippen LogP contribution in [0.5, 0.6) is 0 Å². The summed E-state index contributed by atoms with van der Waals surface area (Å²) < 4.78 is 13.8. The Hall–Kier alpha value is -2.67. The molecule has 0 atom stereocenters. The van der Waals surface area contributed by atoms with Gasteiger partial charge in [0.15, 0.2) is 0 Å². The first kappa shape index (κ1) is 16.2. The molecule has 0 saturated heterocycles. The van der Waals surface area contributed by atoms with E-state index < -0.39 is 5.91 Å². The van der Waals surface area contributed by atoms with Gasteiger partial charge in [0.1, 0.15) is 11.5 Å². The number of hydrazine groups is 1. The molecule has 0 saturated carbocycles. The molecular weight excluding hydrogens is 377 g/mol. The number of nitrogens with zero attached hydrogens (tertiary/aromatic N) is 1. The first-order valence-corrected chi connectivity index (χ1v) is 7.94. The van der Waals surface area contributed by atoms with Gasteiger partial charge in [0.2, 0.25) is 5.91 Å². The maximum absolute atomic E-state index is 12.9. The monoisotopic (exact) mass is 389 g/mol. The first-order valence-electron chi connectivity index (χ1n) is 7.15. The van der Waals surface area contributed by atoms with Gasteiger partial charge in [0, 0.05) is 16.6 Å². The SMILES string of the molecule is O=C(Nc1ccc(F)cc1)C1=CCC(=O)N(c2ccc(Br)cc2)N1. The van der Waals surface area contributed by atoms with Crippen molar-refractivity contribution in [1.29, 1.82) is 0 Å². The third-order valence-corrected chi connectivity index (χ3v) is 3.92. The van der Waals surface area contributed by atoms with Crippen LogP contribution in [0.3, 0.4) is 0 Å². The third kappa shape index (κ3) is 3.62. The molecule has 1 aliphatic heterocycles. The zero-order chi connectivity index (χ0) is 17.1. The summed E-state index contributed by atoms with van der Waals surface area (Å²) >= 11 is 3.34. The highest BCUT2D eigenvalue weighted by Crippen LogP contribution is 2.21. The van der Waals surface area contributed by atoms with Gasteiger partial charge < -0.3 is 5.32 Å². The Balaban J connectivity index is 1.74. The number of nitrogens with one attached hydrogen (secondary N) is 2. The Morgan fingerprint density at radius 1 is 1.12 bits per heavy atom. The van der Waals surface area contributed by atoms with Crippen molar-refractivity contribution < 1.29 is 14.0 Å². The van der Waals surface area contributed by atoms with E-state index in [2.05, 4.69) is 26.7 Å². The molecular formula is C17H13BrFN3O2. The molecule has 3 rings (SSSR count). The van der Waals surface area contributed by atoms with E-state index in [0.29, 0.717) is 11.4 Å². The molecule has 0 radical (unpaired) electrons. The molecule has 0 fully saturated rings. The fourth-order valence-electron chi connectivity index (χ4n) is 2.18. The number of rotatable bonds is 3. The average Bonchev–Trinajstić information content (AvgIpc) is 2.58. The van der Waals surface area contributed by atoms with Gasteiger partial charge in [0.05, 0.1) is 5.69 Å². The van der Waals surface area contributed by atoms with Crippen molar-refractivity contribution in [2.75, 3.05) is 10.3 Å². The van der Waals surface area contributed by atoms with Gasteiger partial charge in [-0.1, -0.05) is 15.9 Å². The third-order valence-electron chi connectivity index (χ3n) is 3.39. The Morgan fingerprint density at radius 2 is 1.79 bits per heavy atom. The number of halogens is 2. The van der Waals surface area contributed by atoms with E-state index in [1.54, 1.807) is 24.3 Å². The van der Waals surface area contributed by atoms with E-state index >= 15 is 0 Å². The number of carbonyl (C=O) groups excluding carboxylic acids is 2. The maximum Gasteiger partial charge on any atom is 0.273 e. The van der Waals surface area contributed by atoms with Gasteiger partial charge >= 0.3 is 0 Å². The van der Waals surface area contributed by atoms with E-state index in [1.165, 1.54) is 35.4 Å². The largest absolute Gasteiger partial charge is 0.321 e. The summed E-state index contributed by atoms with van der Waals surface area (Å²) in [6.07, 6.45) is 1.63. The Bertz CT molecular complexity index is 804. The molecule has 1 aliphatic rings. The van der Waals surface area contributed by atoms with Crippen molar-refractivity contribution in [3.8, 4) is 0 Å². The van der Waals surface area contributed by atoms with E-state index in [0.717, 1.165) is 4.47 Å². The summed E-state index contributed by atoms with van der Waals surface area (Å²) in [6, 6.07) is 12.6. The van der Waals surface area contributed by atoms with Gasteiger partial charge in [-0.25, -0.2) is 9.40 Å². The quantitative estimate of drug-likeness (QED) is 0.845. The number of hydrogen-bond acceptors (Lipinski definition) is 3. The predicted octanol–water partition coefficient (Wildman–Crippen LogP) is 3.35. The molecule has 2 aromatic rings. The summed E-state index contributed by atoms with van der Waals surface area (Å²) in [7, 11) is 0. The second-order valence-electron chi connectivity index (χ2n) is 5.10. The minimum atomic E-state index is -0.406. The molecule has 2 amide bonds. The highest BCUT2D eigenvalue weighted by atomic mass is 79.9. The standard InChI is InChI=1S/C17H13BrFN3O2/c18-11-1-7-14(8-2-11)22-16(23)10-9-15(21-22)17(24)20-13-5-3-12(19)4-6-13/h1-9,21H,10H2,(H,20,24). The molecule has 1 heterocycles. The lowest BCUT2D eigenvalue weighted by molar-refractivity contribution is -0.119. The minimum Gasteiger partial charge on any atom is -0.321 e. The van der Waals surface area contributed by atoms with Gasteiger partial charge in [0.25, 0.3) is 5.91 Å². The fraction of sp³-hybridized carbons (Fsp3) is 0.0588. The number of amides is 2. The molecule has 2 N–H and O–H groups in total. The van der Waals surface area contributed by atoms with Gasteiger partial charge in [-0.05, 0) is 54.6 Å². The van der Waals surface area contributed by atoms with Crippen LogP contribution in [0.1, 0.15) is 6.42 Å². The molecule has 0 aliphatic carbocycles. The highest BCUT2D eigenvalue weighted by Gasteiger charge is 2.24. The summed E-state index contributed by atoms with van der Waals surface area (Å²) in [5.74, 6) is -0.957. The second kappa shape index (κ2) is 6.84. The van der Waals surface area contributed by atoms with Crippen molar-refractivity contribution in [2.24, 2.45) is 0 Å². The van der Waals surface area contributed by atoms with Crippen LogP contribution in [-0.4, -0.2) is 11.8 Å². The van der Waals surface area contributed by atoms with E-state index in [9.17, 15) is 14.0 Å². The summed E-state index contributed by atoms with van der Waals surface area (Å²) in [6.45, 7) is 0. The fourth-order valence-corrected chi connectivity index (χ4v) is 2.45. The summed E-state index contributed by atoms with van der Waals surface area (Å²) in [5, 5.41) is 3.98. The second-order valence-corrected chi connectivity index (χ2v) is 6.02. The lowest BCUT2D eigenvalue weighted by atomic mass is 10.2. The number of benzene rings is 2. The van der Waals surface area contributed by atoms with Crippen molar-refractivity contribution >= 4 is 39.1 Å². The van der Waals surface area contributed by atoms with E-state index in [4.69, 9.17) is 0 Å². The number of anilines is 2. The van der Waals surface area contributed by atoms with Crippen molar-refractivity contribution in [1.82, 2.24) is 5.43 Å². The Labute approximate surface area is 146 Å². The molecule has 0 bridgehead atoms. The molecule has 0 aromatic heterocycles. The van der Waals surface area contributed by atoms with Crippen LogP contribution in [-0.2, 0) is 9.59 Å². The molecule has 7 heteroatoms. The van der Waals surface area contributed by atoms with Crippen molar-refractivity contribution in [3.05, 3.63) is 70.6 Å². The number of hydrogen-bond donors (Lipinski definition) is 2. The Morgan fingerprint density at radius 3 is 2.46 bits per heavy atom. The van der Waals surface area contributed by atoms with Crippen LogP contribution in [0.15, 0.2) is 64.8 Å². The van der Waals surface area contributed by atoms with Gasteiger partial charge in [-0.15, -0.1) is 0 Å². The van der Waals surface area contributed by atoms with Crippen LogP contribution >= 0.6 is 15.9 Å². The molecule has 122 valence electrons. The topological polar surface area (TPSA) is 61.4 Å². The van der Waals surface area contributed by atoms with Crippen LogP contribution < -0.4 is 15.8 Å². The number of carbonyl (C=O) groups is 2. The zero-order valence-corrected chi connectivity index (χ0v) is 14.0. The van der Waals surface area contributed by atoms with Gasteiger partial charge in [-0.2, -0.15) is 0 Å². The smallest absolute Gasteiger partial charge is 0.273 e. The molecule has 5 nitrogen and oxygen atoms in total. The van der Waals surface area contributed by atoms with Crippen LogP contribution in [0.4, 0.5) is 15.8 Å². The summed E-state index contributed by atoms with van der Waals surface area (Å²) in [5.41, 5.74) is 4.16. The zero-order valence-electron chi connectivity index (χ0n) is 12.4. The maximum atomic E-state index is 12.9. The first-order chi connectivity index (χ1) is 11.5. The van der Waals surface area contributed by atoms with Gasteiger partial charge in [-0.3, -0.25) is 15.0 Å². The van der Waals surface area contributed by atoms with Crippen molar-refractivity contribution in [2.45, 2.75) is 6.42 Å². The average molecular weight is 390 g/mol. The van der Waals surface area contributed by atoms with E-state index in [1.807, 2.05) is 0 Å². The van der Waals surface area contributed by atoms with Crippen LogP contribution in [0.2, 0.25) is 0 Å². The van der Waals surface area contributed by atoms with Crippen LogP contribution in [0.25, 0.3) is 0 Å². The normalized spacial score (nSPS) is 14.0. The highest BCUT2D eigenvalue weighted by molar-refractivity contribution is 9.10. The molecule has 0 unspecified atom stereocenters. The molecule has 2 aromatic carbocycles. The molecule has 24 heavy (non-hydrogen) atoms. The van der Waals surface area contributed by atoms with Crippen LogP contribution in [0, 0.1) is 5.82 Å².